The average molecular weight is 527 g/mol. The zero-order chi connectivity index (χ0) is 26.5. The van der Waals surface area contributed by atoms with Crippen molar-refractivity contribution in [1.29, 1.82) is 0 Å². The summed E-state index contributed by atoms with van der Waals surface area (Å²) in [7, 11) is 0. The number of halogens is 3. The third-order valence-electron chi connectivity index (χ3n) is 7.76. The van der Waals surface area contributed by atoms with E-state index in [0.717, 1.165) is 24.0 Å². The van der Waals surface area contributed by atoms with Crippen LogP contribution in [0.4, 0.5) is 20.2 Å². The van der Waals surface area contributed by atoms with Gasteiger partial charge in [0.2, 0.25) is 0 Å². The van der Waals surface area contributed by atoms with Gasteiger partial charge in [0.15, 0.2) is 0 Å². The number of hydrogen-bond donors (Lipinski definition) is 3. The zero-order valence-electron chi connectivity index (χ0n) is 20.8. The number of nitrogens with zero attached hydrogens (tertiary/aromatic N) is 5. The number of anilines is 1. The normalized spacial score (nSPS) is 21.7. The van der Waals surface area contributed by atoms with Gasteiger partial charge in [-0.05, 0) is 38.0 Å². The Bertz CT molecular complexity index is 1490. The van der Waals surface area contributed by atoms with Crippen molar-refractivity contribution < 1.29 is 8.78 Å². The van der Waals surface area contributed by atoms with Crippen molar-refractivity contribution in [2.45, 2.75) is 51.7 Å². The first kappa shape index (κ1) is 25.2. The van der Waals surface area contributed by atoms with Crippen LogP contribution in [-0.4, -0.2) is 36.8 Å². The molecule has 0 bridgehead atoms. The highest BCUT2D eigenvalue weighted by Gasteiger charge is 2.49. The molecule has 1 aliphatic carbocycles. The number of fused-ring (bicyclic) bond motifs is 1. The Morgan fingerprint density at radius 2 is 1.92 bits per heavy atom. The lowest BCUT2D eigenvalue weighted by Gasteiger charge is -2.39. The molecule has 1 aromatic carbocycles. The summed E-state index contributed by atoms with van der Waals surface area (Å²) in [6.07, 6.45) is 7.84. The topological polar surface area (TPSA) is 112 Å². The maximum absolute atomic E-state index is 13.1. The minimum atomic E-state index is -2.72. The second kappa shape index (κ2) is 9.11. The van der Waals surface area contributed by atoms with Gasteiger partial charge in [-0.3, -0.25) is 0 Å². The standard InChI is InChI=1S/C26H29ClF2N8/c1-25(2)21(8-9-26(25,3)31)35-22-17(23(30)34-19-7-5-4-6-18(19)27)12-33-36-13-15(10-20(22)36)16-11-32-37(14-16)24(28)29/h4-7,10-14,21,24,35H,8-9,31H2,1-3H3,(H2,30,34)/t21?,26-/m0/s1. The molecule has 3 heterocycles. The average Bonchev–Trinajstić information content (AvgIpc) is 3.54. The number of benzene rings is 1. The van der Waals surface area contributed by atoms with Gasteiger partial charge in [0.1, 0.15) is 5.84 Å². The predicted octanol–water partition coefficient (Wildman–Crippen LogP) is 5.60. The second-order valence-corrected chi connectivity index (χ2v) is 10.7. The van der Waals surface area contributed by atoms with Crippen molar-refractivity contribution in [1.82, 2.24) is 19.4 Å². The molecule has 5 N–H and O–H groups in total. The summed E-state index contributed by atoms with van der Waals surface area (Å²) < 4.78 is 28.5. The van der Waals surface area contributed by atoms with Crippen LogP contribution in [0, 0.1) is 5.41 Å². The lowest BCUT2D eigenvalue weighted by atomic mass is 9.75. The van der Waals surface area contributed by atoms with Crippen LogP contribution >= 0.6 is 11.6 Å². The van der Waals surface area contributed by atoms with Gasteiger partial charge in [-0.15, -0.1) is 0 Å². The largest absolute Gasteiger partial charge is 0.383 e. The Hall–Kier alpha value is -3.50. The van der Waals surface area contributed by atoms with E-state index in [0.29, 0.717) is 32.1 Å². The van der Waals surface area contributed by atoms with Crippen molar-refractivity contribution in [3.8, 4) is 11.1 Å². The van der Waals surface area contributed by atoms with Crippen molar-refractivity contribution in [3.05, 3.63) is 65.7 Å². The summed E-state index contributed by atoms with van der Waals surface area (Å²) in [4.78, 5) is 4.58. The number of alkyl halides is 2. The van der Waals surface area contributed by atoms with Crippen LogP contribution in [0.15, 0.2) is 60.1 Å². The molecule has 11 heteroatoms. The minimum absolute atomic E-state index is 0.0421. The molecule has 1 saturated carbocycles. The molecule has 0 spiro atoms. The molecule has 1 unspecified atom stereocenters. The third-order valence-corrected chi connectivity index (χ3v) is 8.07. The first-order valence-electron chi connectivity index (χ1n) is 12.0. The SMILES string of the molecule is CC1(C)C(Nc2c(C(N)=Nc3ccccc3Cl)cnn3cc(-c4cnn(C(F)F)c4)cc23)CC[C@]1(C)N. The maximum atomic E-state index is 13.1. The van der Waals surface area contributed by atoms with Crippen molar-refractivity contribution in [2.24, 2.45) is 21.9 Å². The summed E-state index contributed by atoms with van der Waals surface area (Å²) >= 11 is 6.32. The Labute approximate surface area is 218 Å². The van der Waals surface area contributed by atoms with E-state index in [1.807, 2.05) is 18.2 Å². The Morgan fingerprint density at radius 3 is 2.57 bits per heavy atom. The smallest absolute Gasteiger partial charge is 0.333 e. The van der Waals surface area contributed by atoms with Crippen molar-refractivity contribution in [2.75, 3.05) is 5.32 Å². The summed E-state index contributed by atoms with van der Waals surface area (Å²) in [6.45, 7) is 3.66. The fourth-order valence-electron chi connectivity index (χ4n) is 4.84. The number of aliphatic imine (C=N–C) groups is 1. The first-order valence-corrected chi connectivity index (χ1v) is 12.3. The van der Waals surface area contributed by atoms with E-state index in [2.05, 4.69) is 41.3 Å². The Kier molecular flexibility index (Phi) is 6.19. The number of aromatic nitrogens is 4. The molecule has 4 aromatic rings. The van der Waals surface area contributed by atoms with Crippen molar-refractivity contribution >= 4 is 34.3 Å². The van der Waals surface area contributed by atoms with Gasteiger partial charge in [-0.1, -0.05) is 37.6 Å². The summed E-state index contributed by atoms with van der Waals surface area (Å²) in [5, 5.41) is 12.5. The molecule has 5 rings (SSSR count). The van der Waals surface area contributed by atoms with Crippen LogP contribution in [0.1, 0.15) is 45.7 Å². The van der Waals surface area contributed by atoms with E-state index < -0.39 is 6.55 Å². The number of amidine groups is 1. The lowest BCUT2D eigenvalue weighted by molar-refractivity contribution is 0.0566. The zero-order valence-corrected chi connectivity index (χ0v) is 21.5. The fraction of sp³-hybridized carbons (Fsp3) is 0.346. The number of para-hydroxylation sites is 1. The summed E-state index contributed by atoms with van der Waals surface area (Å²) in [6, 6.07) is 9.10. The highest BCUT2D eigenvalue weighted by molar-refractivity contribution is 6.33. The van der Waals surface area contributed by atoms with E-state index in [-0.39, 0.29) is 22.8 Å². The van der Waals surface area contributed by atoms with Gasteiger partial charge in [0.05, 0.1) is 39.9 Å². The van der Waals surface area contributed by atoms with Gasteiger partial charge >= 0.3 is 6.55 Å². The molecule has 194 valence electrons. The molecular weight excluding hydrogens is 498 g/mol. The number of nitrogens with one attached hydrogen (secondary N) is 1. The number of hydrogen-bond acceptors (Lipinski definition) is 5. The molecule has 3 aromatic heterocycles. The molecular formula is C26H29ClF2N8. The number of nitrogens with two attached hydrogens (primary N) is 2. The molecule has 2 atom stereocenters. The van der Waals surface area contributed by atoms with Gasteiger partial charge in [-0.2, -0.15) is 19.0 Å². The predicted molar refractivity (Wildman–Crippen MR) is 143 cm³/mol. The van der Waals surface area contributed by atoms with Crippen LogP contribution in [0.2, 0.25) is 5.02 Å². The minimum Gasteiger partial charge on any atom is -0.383 e. The maximum Gasteiger partial charge on any atom is 0.333 e. The van der Waals surface area contributed by atoms with E-state index >= 15 is 0 Å². The Morgan fingerprint density at radius 1 is 1.16 bits per heavy atom. The highest BCUT2D eigenvalue weighted by atomic mass is 35.5. The quantitative estimate of drug-likeness (QED) is 0.223. The van der Waals surface area contributed by atoms with E-state index in [1.54, 1.807) is 29.0 Å². The molecule has 8 nitrogen and oxygen atoms in total. The van der Waals surface area contributed by atoms with E-state index in [4.69, 9.17) is 23.1 Å². The van der Waals surface area contributed by atoms with Crippen molar-refractivity contribution in [3.63, 3.8) is 0 Å². The molecule has 0 saturated heterocycles. The van der Waals surface area contributed by atoms with E-state index in [1.165, 1.54) is 12.4 Å². The van der Waals surface area contributed by atoms with Gasteiger partial charge in [-0.25, -0.2) is 14.2 Å². The van der Waals surface area contributed by atoms with E-state index in [9.17, 15) is 8.78 Å². The highest BCUT2D eigenvalue weighted by Crippen LogP contribution is 2.46. The monoisotopic (exact) mass is 526 g/mol. The fourth-order valence-corrected chi connectivity index (χ4v) is 5.02. The van der Waals surface area contributed by atoms with Crippen LogP contribution in [0.3, 0.4) is 0 Å². The Balaban J connectivity index is 1.64. The first-order chi connectivity index (χ1) is 17.5. The third kappa shape index (κ3) is 4.44. The van der Waals surface area contributed by atoms with Crippen LogP contribution < -0.4 is 16.8 Å². The van der Waals surface area contributed by atoms with Crippen LogP contribution in [0.25, 0.3) is 16.6 Å². The molecule has 0 aliphatic heterocycles. The lowest BCUT2D eigenvalue weighted by Crippen LogP contribution is -2.51. The molecule has 0 radical (unpaired) electrons. The summed E-state index contributed by atoms with van der Waals surface area (Å²) in [5.41, 5.74) is 16.4. The van der Waals surface area contributed by atoms with Gasteiger partial charge < -0.3 is 16.8 Å². The molecule has 1 aliphatic rings. The second-order valence-electron chi connectivity index (χ2n) is 10.3. The van der Waals surface area contributed by atoms with Gasteiger partial charge in [0, 0.05) is 40.5 Å². The molecule has 1 fully saturated rings. The molecule has 0 amide bonds. The van der Waals surface area contributed by atoms with Crippen LogP contribution in [0.5, 0.6) is 0 Å². The van der Waals surface area contributed by atoms with Gasteiger partial charge in [0.25, 0.3) is 0 Å². The summed E-state index contributed by atoms with van der Waals surface area (Å²) in [5.74, 6) is 0.241. The molecule has 37 heavy (non-hydrogen) atoms. The number of rotatable bonds is 6. The van der Waals surface area contributed by atoms with Crippen LogP contribution in [-0.2, 0) is 0 Å².